The number of hydrogen-bond acceptors (Lipinski definition) is 5. The molecule has 1 heterocycles. The first-order valence-corrected chi connectivity index (χ1v) is 10.3. The highest BCUT2D eigenvalue weighted by Crippen LogP contribution is 2.51. The summed E-state index contributed by atoms with van der Waals surface area (Å²) in [7, 11) is 0. The van der Waals surface area contributed by atoms with Crippen LogP contribution < -0.4 is 0 Å². The molecule has 0 aromatic heterocycles. The lowest BCUT2D eigenvalue weighted by atomic mass is 9.74. The Morgan fingerprint density at radius 1 is 1.46 bits per heavy atom. The average molecular weight is 389 g/mol. The van der Waals surface area contributed by atoms with Crippen LogP contribution in [-0.2, 0) is 19.1 Å². The Bertz CT molecular complexity index is 744. The molecular weight excluding hydrogens is 356 g/mol. The standard InChI is InChI=1S/C23H32O5/c1-14(13-27-16(3)24)6-5-7-15(2)17-10-11-23(4)19(17)12-18-21(28-23)9-8-20(25)22(18)26/h6,10,15,19-20,25H,5,7-9,11-13H2,1-4H3. The SMILES string of the molecule is CC(=O)OCC(C)=CCCC(C)C1=CCC2(C)OC3=C(CC12)C(=O)C(O)CC3. The highest BCUT2D eigenvalue weighted by atomic mass is 16.5. The Hall–Kier alpha value is -1.88. The van der Waals surface area contributed by atoms with Crippen molar-refractivity contribution in [3.8, 4) is 0 Å². The lowest BCUT2D eigenvalue weighted by molar-refractivity contribution is -0.140. The van der Waals surface area contributed by atoms with E-state index in [0.29, 0.717) is 37.4 Å². The number of aliphatic hydroxyl groups is 1. The maximum Gasteiger partial charge on any atom is 0.302 e. The zero-order valence-electron chi connectivity index (χ0n) is 17.4. The molecule has 28 heavy (non-hydrogen) atoms. The second-order valence-electron chi connectivity index (χ2n) is 8.71. The van der Waals surface area contributed by atoms with Crippen molar-refractivity contribution in [3.63, 3.8) is 0 Å². The number of carbonyl (C=O) groups is 2. The molecule has 1 N–H and O–H groups in total. The predicted molar refractivity (Wildman–Crippen MR) is 106 cm³/mol. The predicted octanol–water partition coefficient (Wildman–Crippen LogP) is 4.02. The summed E-state index contributed by atoms with van der Waals surface area (Å²) in [4.78, 5) is 23.3. The minimum absolute atomic E-state index is 0.147. The first-order chi connectivity index (χ1) is 13.2. The summed E-state index contributed by atoms with van der Waals surface area (Å²) in [5, 5.41) is 9.95. The fourth-order valence-electron chi connectivity index (χ4n) is 4.67. The Kier molecular flexibility index (Phi) is 6.13. The Morgan fingerprint density at radius 2 is 2.21 bits per heavy atom. The first kappa shape index (κ1) is 20.8. The summed E-state index contributed by atoms with van der Waals surface area (Å²) in [6.45, 7) is 8.12. The number of esters is 1. The van der Waals surface area contributed by atoms with E-state index < -0.39 is 6.10 Å². The summed E-state index contributed by atoms with van der Waals surface area (Å²) >= 11 is 0. The van der Waals surface area contributed by atoms with E-state index in [0.717, 1.165) is 30.6 Å². The molecule has 4 unspecified atom stereocenters. The van der Waals surface area contributed by atoms with Crippen LogP contribution in [0, 0.1) is 11.8 Å². The van der Waals surface area contributed by atoms with Crippen LogP contribution in [0.1, 0.15) is 66.2 Å². The van der Waals surface area contributed by atoms with Gasteiger partial charge in [0.15, 0.2) is 5.78 Å². The van der Waals surface area contributed by atoms with Gasteiger partial charge in [0.1, 0.15) is 24.1 Å². The molecule has 5 nitrogen and oxygen atoms in total. The fourth-order valence-corrected chi connectivity index (χ4v) is 4.67. The molecule has 0 amide bonds. The molecule has 0 radical (unpaired) electrons. The monoisotopic (exact) mass is 388 g/mol. The van der Waals surface area contributed by atoms with Crippen molar-refractivity contribution in [3.05, 3.63) is 34.6 Å². The number of ether oxygens (including phenoxy) is 2. The van der Waals surface area contributed by atoms with Crippen molar-refractivity contribution in [2.45, 2.75) is 77.9 Å². The van der Waals surface area contributed by atoms with Crippen LogP contribution in [0.3, 0.4) is 0 Å². The molecule has 0 spiro atoms. The zero-order valence-corrected chi connectivity index (χ0v) is 17.4. The fraction of sp³-hybridized carbons (Fsp3) is 0.652. The van der Waals surface area contributed by atoms with E-state index in [1.54, 1.807) is 0 Å². The average Bonchev–Trinajstić information content (AvgIpc) is 2.98. The number of rotatable bonds is 6. The minimum Gasteiger partial charge on any atom is -0.491 e. The van der Waals surface area contributed by atoms with Crippen LogP contribution in [0.25, 0.3) is 0 Å². The number of allylic oxidation sites excluding steroid dienone is 2. The van der Waals surface area contributed by atoms with Crippen LogP contribution in [-0.4, -0.2) is 35.2 Å². The van der Waals surface area contributed by atoms with E-state index in [4.69, 9.17) is 9.47 Å². The number of aliphatic hydroxyl groups excluding tert-OH is 1. The third kappa shape index (κ3) is 4.24. The first-order valence-electron chi connectivity index (χ1n) is 10.3. The topological polar surface area (TPSA) is 72.8 Å². The van der Waals surface area contributed by atoms with Crippen molar-refractivity contribution < 1.29 is 24.2 Å². The summed E-state index contributed by atoms with van der Waals surface area (Å²) in [6, 6.07) is 0. The molecule has 0 saturated carbocycles. The molecule has 3 rings (SSSR count). The second kappa shape index (κ2) is 8.24. The Morgan fingerprint density at radius 3 is 2.93 bits per heavy atom. The molecule has 0 aromatic carbocycles. The lowest BCUT2D eigenvalue weighted by Gasteiger charge is -2.43. The van der Waals surface area contributed by atoms with Gasteiger partial charge in [-0.2, -0.15) is 0 Å². The normalized spacial score (nSPS) is 31.0. The summed E-state index contributed by atoms with van der Waals surface area (Å²) in [6.07, 6.45) is 8.14. The van der Waals surface area contributed by atoms with Crippen LogP contribution >= 0.6 is 0 Å². The minimum atomic E-state index is -0.872. The summed E-state index contributed by atoms with van der Waals surface area (Å²) in [5.41, 5.74) is 2.86. The molecule has 1 aliphatic heterocycles. The van der Waals surface area contributed by atoms with Gasteiger partial charge in [-0.05, 0) is 51.0 Å². The Labute approximate surface area is 167 Å². The van der Waals surface area contributed by atoms with Crippen molar-refractivity contribution in [2.75, 3.05) is 6.61 Å². The molecule has 154 valence electrons. The number of Topliss-reactive ketones (excluding diaryl/α,β-unsaturated/α-hetero) is 1. The van der Waals surface area contributed by atoms with E-state index >= 15 is 0 Å². The maximum absolute atomic E-state index is 12.4. The van der Waals surface area contributed by atoms with Gasteiger partial charge in [0.2, 0.25) is 0 Å². The van der Waals surface area contributed by atoms with E-state index in [9.17, 15) is 14.7 Å². The lowest BCUT2D eigenvalue weighted by Crippen LogP contribution is -2.43. The molecule has 0 aromatic rings. The van der Waals surface area contributed by atoms with Gasteiger partial charge in [0.25, 0.3) is 0 Å². The number of carbonyl (C=O) groups excluding carboxylic acids is 2. The molecule has 0 fully saturated rings. The van der Waals surface area contributed by atoms with Crippen LogP contribution in [0.4, 0.5) is 0 Å². The van der Waals surface area contributed by atoms with Gasteiger partial charge >= 0.3 is 5.97 Å². The number of ketones is 1. The van der Waals surface area contributed by atoms with Crippen LogP contribution in [0.2, 0.25) is 0 Å². The maximum atomic E-state index is 12.4. The molecule has 0 saturated heterocycles. The largest absolute Gasteiger partial charge is 0.491 e. The third-order valence-electron chi connectivity index (χ3n) is 6.39. The van der Waals surface area contributed by atoms with Gasteiger partial charge < -0.3 is 14.6 Å². The van der Waals surface area contributed by atoms with Crippen LogP contribution in [0.5, 0.6) is 0 Å². The highest BCUT2D eigenvalue weighted by molar-refractivity contribution is 6.00. The van der Waals surface area contributed by atoms with Crippen molar-refractivity contribution in [2.24, 2.45) is 11.8 Å². The van der Waals surface area contributed by atoms with Gasteiger partial charge in [0.05, 0.1) is 0 Å². The van der Waals surface area contributed by atoms with Crippen molar-refractivity contribution in [1.29, 1.82) is 0 Å². The number of hydrogen-bond donors (Lipinski definition) is 1. The number of fused-ring (bicyclic) bond motifs is 1. The summed E-state index contributed by atoms with van der Waals surface area (Å²) in [5.74, 6) is 0.983. The molecule has 0 bridgehead atoms. The third-order valence-corrected chi connectivity index (χ3v) is 6.39. The van der Waals surface area contributed by atoms with E-state index in [1.165, 1.54) is 12.5 Å². The zero-order chi connectivity index (χ0) is 20.5. The van der Waals surface area contributed by atoms with Gasteiger partial charge in [-0.3, -0.25) is 9.59 Å². The molecule has 2 aliphatic carbocycles. The van der Waals surface area contributed by atoms with Gasteiger partial charge in [0, 0.05) is 31.3 Å². The molecule has 5 heteroatoms. The van der Waals surface area contributed by atoms with E-state index in [1.807, 2.05) is 6.92 Å². The van der Waals surface area contributed by atoms with Gasteiger partial charge in [-0.25, -0.2) is 0 Å². The highest BCUT2D eigenvalue weighted by Gasteiger charge is 2.49. The van der Waals surface area contributed by atoms with Gasteiger partial charge in [-0.15, -0.1) is 0 Å². The smallest absolute Gasteiger partial charge is 0.302 e. The second-order valence-corrected chi connectivity index (χ2v) is 8.71. The molecule has 4 atom stereocenters. The van der Waals surface area contributed by atoms with E-state index in [-0.39, 0.29) is 23.3 Å². The van der Waals surface area contributed by atoms with Crippen molar-refractivity contribution >= 4 is 11.8 Å². The molecular formula is C23H32O5. The van der Waals surface area contributed by atoms with E-state index in [2.05, 4.69) is 26.0 Å². The van der Waals surface area contributed by atoms with Crippen molar-refractivity contribution in [1.82, 2.24) is 0 Å². The molecule has 3 aliphatic rings. The quantitative estimate of drug-likeness (QED) is 0.550. The van der Waals surface area contributed by atoms with Crippen LogP contribution in [0.15, 0.2) is 34.6 Å². The van der Waals surface area contributed by atoms with Gasteiger partial charge in [-0.1, -0.05) is 24.6 Å². The Balaban J connectivity index is 1.63. The summed E-state index contributed by atoms with van der Waals surface area (Å²) < 4.78 is 11.4.